The molecule has 3 aromatic rings. The summed E-state index contributed by atoms with van der Waals surface area (Å²) < 4.78 is 11.8. The highest BCUT2D eigenvalue weighted by Gasteiger charge is 2.24. The quantitative estimate of drug-likeness (QED) is 0.727. The van der Waals surface area contributed by atoms with Crippen LogP contribution in [0.5, 0.6) is 0 Å². The summed E-state index contributed by atoms with van der Waals surface area (Å²) >= 11 is 0. The van der Waals surface area contributed by atoms with Gasteiger partial charge in [-0.05, 0) is 50.6 Å². The Hall–Kier alpha value is -3.29. The lowest BCUT2D eigenvalue weighted by molar-refractivity contribution is 0.138. The van der Waals surface area contributed by atoms with Crippen LogP contribution in [0.4, 0.5) is 15.4 Å². The first-order valence-corrected chi connectivity index (χ1v) is 8.32. The summed E-state index contributed by atoms with van der Waals surface area (Å²) in [5, 5.41) is 1.04. The molecule has 0 aliphatic carbocycles. The van der Waals surface area contributed by atoms with E-state index in [2.05, 4.69) is 10.4 Å². The van der Waals surface area contributed by atoms with Crippen molar-refractivity contribution < 1.29 is 19.1 Å². The van der Waals surface area contributed by atoms with Crippen LogP contribution in [-0.2, 0) is 9.47 Å². The molecular weight excluding hydrogens is 336 g/mol. The van der Waals surface area contributed by atoms with E-state index in [1.54, 1.807) is 32.2 Å². The fourth-order valence-electron chi connectivity index (χ4n) is 2.68. The van der Waals surface area contributed by atoms with Gasteiger partial charge in [-0.15, -0.1) is 0 Å². The van der Waals surface area contributed by atoms with Crippen molar-refractivity contribution >= 4 is 34.6 Å². The zero-order chi connectivity index (χ0) is 18.7. The van der Waals surface area contributed by atoms with Crippen LogP contribution in [0.25, 0.3) is 16.6 Å². The molecule has 136 valence electrons. The number of benzene rings is 1. The number of ether oxygens (including phenoxy) is 2. The van der Waals surface area contributed by atoms with E-state index in [0.717, 1.165) is 27.1 Å². The molecule has 0 spiro atoms. The summed E-state index contributed by atoms with van der Waals surface area (Å²) in [5.74, 6) is 0.419. The van der Waals surface area contributed by atoms with Crippen molar-refractivity contribution in [3.63, 3.8) is 0 Å². The van der Waals surface area contributed by atoms with E-state index in [4.69, 9.17) is 9.47 Å². The first-order chi connectivity index (χ1) is 12.5. The fraction of sp³-hybridized carbons (Fsp3) is 0.278. The number of carbonyl (C=O) groups is 2. The predicted molar refractivity (Wildman–Crippen MR) is 97.1 cm³/mol. The second-order valence-corrected chi connectivity index (χ2v) is 5.57. The number of hydrazine groups is 1. The summed E-state index contributed by atoms with van der Waals surface area (Å²) in [6.07, 6.45) is 0.251. The Morgan fingerprint density at radius 1 is 1.15 bits per heavy atom. The van der Waals surface area contributed by atoms with E-state index in [9.17, 15) is 9.59 Å². The van der Waals surface area contributed by atoms with E-state index < -0.39 is 12.2 Å². The van der Waals surface area contributed by atoms with Gasteiger partial charge >= 0.3 is 12.2 Å². The predicted octanol–water partition coefficient (Wildman–Crippen LogP) is 3.42. The number of aryl methyl sites for hydroxylation is 1. The van der Waals surface area contributed by atoms with Crippen molar-refractivity contribution in [2.75, 3.05) is 18.2 Å². The molecule has 2 amide bonds. The van der Waals surface area contributed by atoms with Crippen molar-refractivity contribution in [2.24, 2.45) is 0 Å². The molecule has 0 bridgehead atoms. The molecule has 0 saturated carbocycles. The van der Waals surface area contributed by atoms with Crippen LogP contribution < -0.4 is 10.4 Å². The fourth-order valence-corrected chi connectivity index (χ4v) is 2.68. The third-order valence-electron chi connectivity index (χ3n) is 3.76. The van der Waals surface area contributed by atoms with Crippen molar-refractivity contribution in [3.8, 4) is 0 Å². The molecule has 0 atom stereocenters. The maximum Gasteiger partial charge on any atom is 0.434 e. The molecule has 0 aliphatic rings. The Labute approximate surface area is 150 Å². The van der Waals surface area contributed by atoms with E-state index in [1.165, 1.54) is 0 Å². The molecule has 8 nitrogen and oxygen atoms in total. The Morgan fingerprint density at radius 2 is 1.92 bits per heavy atom. The van der Waals surface area contributed by atoms with Crippen LogP contribution in [0.1, 0.15) is 19.4 Å². The average Bonchev–Trinajstić information content (AvgIpc) is 3.04. The lowest BCUT2D eigenvalue weighted by atomic mass is 10.2. The SMILES string of the molecule is CCOC(=O)NN(C(=O)OCC)c1ccc2cnc3cc(C)ccc3n12. The van der Waals surface area contributed by atoms with E-state index in [1.807, 2.05) is 29.5 Å². The van der Waals surface area contributed by atoms with Gasteiger partial charge < -0.3 is 9.47 Å². The number of rotatable bonds is 3. The van der Waals surface area contributed by atoms with Gasteiger partial charge in [0.15, 0.2) is 0 Å². The molecule has 8 heteroatoms. The van der Waals surface area contributed by atoms with Gasteiger partial charge in [-0.2, -0.15) is 5.01 Å². The van der Waals surface area contributed by atoms with E-state index >= 15 is 0 Å². The summed E-state index contributed by atoms with van der Waals surface area (Å²) in [5.41, 5.74) is 5.85. The minimum absolute atomic E-state index is 0.171. The van der Waals surface area contributed by atoms with Gasteiger partial charge in [0.1, 0.15) is 5.82 Å². The number of fused-ring (bicyclic) bond motifs is 3. The molecule has 0 unspecified atom stereocenters. The summed E-state index contributed by atoms with van der Waals surface area (Å²) in [6, 6.07) is 9.34. The number of aromatic nitrogens is 2. The average molecular weight is 356 g/mol. The van der Waals surface area contributed by atoms with Crippen LogP contribution in [0.15, 0.2) is 36.5 Å². The minimum atomic E-state index is -0.746. The molecule has 2 aromatic heterocycles. The standard InChI is InChI=1S/C18H20N4O4/c1-4-25-17(23)20-22(18(24)26-5-2)16-9-7-13-11-19-14-10-12(3)6-8-15(14)21(13)16/h6-11H,4-5H2,1-3H3,(H,20,23). The van der Waals surface area contributed by atoms with Crippen molar-refractivity contribution in [3.05, 3.63) is 42.1 Å². The molecule has 0 saturated heterocycles. The van der Waals surface area contributed by atoms with Crippen molar-refractivity contribution in [1.82, 2.24) is 14.8 Å². The molecule has 1 N–H and O–H groups in total. The third-order valence-corrected chi connectivity index (χ3v) is 3.76. The number of nitrogens with zero attached hydrogens (tertiary/aromatic N) is 3. The zero-order valence-corrected chi connectivity index (χ0v) is 14.9. The molecule has 0 fully saturated rings. The molecule has 0 radical (unpaired) electrons. The molecule has 0 aliphatic heterocycles. The maximum absolute atomic E-state index is 12.4. The summed E-state index contributed by atoms with van der Waals surface area (Å²) in [7, 11) is 0. The second kappa shape index (κ2) is 7.30. The molecule has 26 heavy (non-hydrogen) atoms. The number of hydrogen-bond donors (Lipinski definition) is 1. The van der Waals surface area contributed by atoms with Gasteiger partial charge in [0, 0.05) is 0 Å². The largest absolute Gasteiger partial charge is 0.449 e. The highest BCUT2D eigenvalue weighted by Crippen LogP contribution is 2.25. The van der Waals surface area contributed by atoms with Gasteiger partial charge in [0.25, 0.3) is 0 Å². The molecule has 1 aromatic carbocycles. The van der Waals surface area contributed by atoms with Gasteiger partial charge in [-0.1, -0.05) is 6.07 Å². The van der Waals surface area contributed by atoms with Crippen LogP contribution in [0.3, 0.4) is 0 Å². The Bertz CT molecular complexity index is 966. The first-order valence-electron chi connectivity index (χ1n) is 8.32. The second-order valence-electron chi connectivity index (χ2n) is 5.57. The number of anilines is 1. The highest BCUT2D eigenvalue weighted by molar-refractivity contribution is 5.92. The van der Waals surface area contributed by atoms with Crippen LogP contribution >= 0.6 is 0 Å². The Balaban J connectivity index is 2.14. The number of hydrogen-bond acceptors (Lipinski definition) is 5. The van der Waals surface area contributed by atoms with Gasteiger partial charge in [0.05, 0.1) is 36.0 Å². The zero-order valence-electron chi connectivity index (χ0n) is 14.9. The monoisotopic (exact) mass is 356 g/mol. The Morgan fingerprint density at radius 3 is 2.65 bits per heavy atom. The maximum atomic E-state index is 12.4. The van der Waals surface area contributed by atoms with Crippen molar-refractivity contribution in [2.45, 2.75) is 20.8 Å². The number of carbonyl (C=O) groups excluding carboxylic acids is 2. The molecule has 2 heterocycles. The third kappa shape index (κ3) is 3.26. The van der Waals surface area contributed by atoms with Crippen LogP contribution in [-0.4, -0.2) is 34.8 Å². The van der Waals surface area contributed by atoms with E-state index in [-0.39, 0.29) is 13.2 Å². The smallest absolute Gasteiger partial charge is 0.434 e. The van der Waals surface area contributed by atoms with Gasteiger partial charge in [0.2, 0.25) is 0 Å². The van der Waals surface area contributed by atoms with Gasteiger partial charge in [-0.25, -0.2) is 15.0 Å². The van der Waals surface area contributed by atoms with Crippen LogP contribution in [0, 0.1) is 6.92 Å². The summed E-state index contributed by atoms with van der Waals surface area (Å²) in [6.45, 7) is 5.71. The minimum Gasteiger partial charge on any atom is -0.449 e. The molecular formula is C18H20N4O4. The first kappa shape index (κ1) is 17.5. The summed E-state index contributed by atoms with van der Waals surface area (Å²) in [4.78, 5) is 28.8. The number of nitrogens with one attached hydrogen (secondary N) is 1. The van der Waals surface area contributed by atoms with Crippen LogP contribution in [0.2, 0.25) is 0 Å². The number of amides is 2. The Kier molecular flexibility index (Phi) is 4.92. The van der Waals surface area contributed by atoms with E-state index in [0.29, 0.717) is 5.82 Å². The highest BCUT2D eigenvalue weighted by atomic mass is 16.6. The lowest BCUT2D eigenvalue weighted by Crippen LogP contribution is -2.47. The lowest BCUT2D eigenvalue weighted by Gasteiger charge is -2.22. The topological polar surface area (TPSA) is 85.2 Å². The normalized spacial score (nSPS) is 10.7. The van der Waals surface area contributed by atoms with Crippen molar-refractivity contribution in [1.29, 1.82) is 0 Å². The van der Waals surface area contributed by atoms with Gasteiger partial charge in [-0.3, -0.25) is 9.38 Å². The molecule has 3 rings (SSSR count).